The van der Waals surface area contributed by atoms with E-state index in [0.29, 0.717) is 28.7 Å². The van der Waals surface area contributed by atoms with Gasteiger partial charge in [-0.2, -0.15) is 0 Å². The lowest BCUT2D eigenvalue weighted by Crippen LogP contribution is -2.07. The van der Waals surface area contributed by atoms with Crippen LogP contribution in [0.5, 0.6) is 11.5 Å². The first-order chi connectivity index (χ1) is 9.28. The SMILES string of the molecule is COc1ccc2c(c1)C(=O)/C(=C\C1CCCCC1)O2. The summed E-state index contributed by atoms with van der Waals surface area (Å²) in [6, 6.07) is 5.36. The van der Waals surface area contributed by atoms with Crippen molar-refractivity contribution in [1.82, 2.24) is 0 Å². The molecule has 3 rings (SSSR count). The molecular formula is C16H18O3. The summed E-state index contributed by atoms with van der Waals surface area (Å²) in [5, 5.41) is 0. The molecular weight excluding hydrogens is 240 g/mol. The number of rotatable bonds is 2. The number of benzene rings is 1. The van der Waals surface area contributed by atoms with Crippen molar-refractivity contribution in [1.29, 1.82) is 0 Å². The van der Waals surface area contributed by atoms with Gasteiger partial charge in [0.15, 0.2) is 5.76 Å². The van der Waals surface area contributed by atoms with Crippen LogP contribution in [0.25, 0.3) is 0 Å². The second kappa shape index (κ2) is 5.08. The average molecular weight is 258 g/mol. The summed E-state index contributed by atoms with van der Waals surface area (Å²) in [5.41, 5.74) is 0.612. The molecule has 0 radical (unpaired) electrons. The van der Waals surface area contributed by atoms with Crippen molar-refractivity contribution in [2.24, 2.45) is 5.92 Å². The first-order valence-electron chi connectivity index (χ1n) is 6.90. The fraction of sp³-hybridized carbons (Fsp3) is 0.438. The molecule has 1 heterocycles. The van der Waals surface area contributed by atoms with Crippen LogP contribution in [0.3, 0.4) is 0 Å². The second-order valence-corrected chi connectivity index (χ2v) is 5.22. The fourth-order valence-electron chi connectivity index (χ4n) is 2.82. The minimum atomic E-state index is -0.0144. The summed E-state index contributed by atoms with van der Waals surface area (Å²) in [6.07, 6.45) is 8.17. The molecule has 0 bridgehead atoms. The van der Waals surface area contributed by atoms with Crippen LogP contribution in [0.15, 0.2) is 30.0 Å². The molecule has 0 aromatic heterocycles. The number of carbonyl (C=O) groups excluding carboxylic acids is 1. The third-order valence-corrected chi connectivity index (χ3v) is 3.91. The third kappa shape index (κ3) is 2.37. The molecule has 0 N–H and O–H groups in total. The van der Waals surface area contributed by atoms with Crippen LogP contribution in [-0.2, 0) is 0 Å². The van der Waals surface area contributed by atoms with Crippen molar-refractivity contribution in [3.63, 3.8) is 0 Å². The van der Waals surface area contributed by atoms with Crippen molar-refractivity contribution >= 4 is 5.78 Å². The highest BCUT2D eigenvalue weighted by atomic mass is 16.5. The zero-order chi connectivity index (χ0) is 13.2. The molecule has 1 fully saturated rings. The number of hydrogen-bond donors (Lipinski definition) is 0. The van der Waals surface area contributed by atoms with E-state index >= 15 is 0 Å². The topological polar surface area (TPSA) is 35.5 Å². The highest BCUT2D eigenvalue weighted by molar-refractivity contribution is 6.12. The highest BCUT2D eigenvalue weighted by Gasteiger charge is 2.28. The van der Waals surface area contributed by atoms with Gasteiger partial charge in [-0.3, -0.25) is 4.79 Å². The standard InChI is InChI=1S/C16H18O3/c1-18-12-7-8-14-13(10-12)16(17)15(19-14)9-11-5-3-2-4-6-11/h7-11H,2-6H2,1H3/b15-9+. The van der Waals surface area contributed by atoms with Crippen LogP contribution in [0.4, 0.5) is 0 Å². The number of hydrogen-bond acceptors (Lipinski definition) is 3. The normalized spacial score (nSPS) is 21.3. The van der Waals surface area contributed by atoms with Gasteiger partial charge < -0.3 is 9.47 Å². The quantitative estimate of drug-likeness (QED) is 0.758. The van der Waals surface area contributed by atoms with Gasteiger partial charge in [-0.1, -0.05) is 19.3 Å². The Hall–Kier alpha value is -1.77. The molecule has 1 saturated carbocycles. The van der Waals surface area contributed by atoms with Crippen LogP contribution in [0, 0.1) is 5.92 Å². The number of ether oxygens (including phenoxy) is 2. The van der Waals surface area contributed by atoms with E-state index < -0.39 is 0 Å². The molecule has 1 aromatic carbocycles. The van der Waals surface area contributed by atoms with Crippen LogP contribution >= 0.6 is 0 Å². The van der Waals surface area contributed by atoms with Gasteiger partial charge in [0.25, 0.3) is 0 Å². The van der Waals surface area contributed by atoms with Crippen molar-refractivity contribution in [2.75, 3.05) is 7.11 Å². The molecule has 3 heteroatoms. The van der Waals surface area contributed by atoms with Gasteiger partial charge >= 0.3 is 0 Å². The number of ketones is 1. The Morgan fingerprint density at radius 2 is 2.05 bits per heavy atom. The molecule has 1 aliphatic heterocycles. The van der Waals surface area contributed by atoms with E-state index in [9.17, 15) is 4.79 Å². The third-order valence-electron chi connectivity index (χ3n) is 3.91. The Morgan fingerprint density at radius 3 is 2.79 bits per heavy atom. The molecule has 0 saturated heterocycles. The van der Waals surface area contributed by atoms with Crippen molar-refractivity contribution in [3.8, 4) is 11.5 Å². The molecule has 0 unspecified atom stereocenters. The number of carbonyl (C=O) groups is 1. The molecule has 1 aromatic rings. The Balaban J connectivity index is 1.84. The maximum atomic E-state index is 12.3. The Bertz CT molecular complexity index is 525. The lowest BCUT2D eigenvalue weighted by atomic mass is 9.88. The first kappa shape index (κ1) is 12.3. The smallest absolute Gasteiger partial charge is 0.231 e. The summed E-state index contributed by atoms with van der Waals surface area (Å²) in [7, 11) is 1.60. The van der Waals surface area contributed by atoms with Gasteiger partial charge in [0.05, 0.1) is 12.7 Å². The minimum Gasteiger partial charge on any atom is -0.497 e. The van der Waals surface area contributed by atoms with E-state index in [2.05, 4.69) is 0 Å². The number of allylic oxidation sites excluding steroid dienone is 2. The molecule has 19 heavy (non-hydrogen) atoms. The van der Waals surface area contributed by atoms with Gasteiger partial charge in [0.2, 0.25) is 5.78 Å². The second-order valence-electron chi connectivity index (χ2n) is 5.22. The zero-order valence-corrected chi connectivity index (χ0v) is 11.1. The van der Waals surface area contributed by atoms with Gasteiger partial charge in [0, 0.05) is 0 Å². The molecule has 0 amide bonds. The van der Waals surface area contributed by atoms with Gasteiger partial charge in [-0.05, 0) is 43.0 Å². The van der Waals surface area contributed by atoms with E-state index in [0.717, 1.165) is 0 Å². The first-order valence-corrected chi connectivity index (χ1v) is 6.90. The van der Waals surface area contributed by atoms with Crippen molar-refractivity contribution < 1.29 is 14.3 Å². The monoisotopic (exact) mass is 258 g/mol. The average Bonchev–Trinajstić information content (AvgIpc) is 2.76. The van der Waals surface area contributed by atoms with E-state index in [1.54, 1.807) is 19.2 Å². The lowest BCUT2D eigenvalue weighted by Gasteiger charge is -2.18. The van der Waals surface area contributed by atoms with Crippen molar-refractivity contribution in [3.05, 3.63) is 35.6 Å². The summed E-state index contributed by atoms with van der Waals surface area (Å²) >= 11 is 0. The predicted octanol–water partition coefficient (Wildman–Crippen LogP) is 3.73. The maximum absolute atomic E-state index is 12.3. The minimum absolute atomic E-state index is 0.0144. The van der Waals surface area contributed by atoms with E-state index in [-0.39, 0.29) is 5.78 Å². The summed E-state index contributed by atoms with van der Waals surface area (Å²) in [4.78, 5) is 12.3. The molecule has 2 aliphatic rings. The van der Waals surface area contributed by atoms with E-state index in [1.807, 2.05) is 12.1 Å². The Kier molecular flexibility index (Phi) is 3.28. The van der Waals surface area contributed by atoms with Gasteiger partial charge in [-0.15, -0.1) is 0 Å². The molecule has 0 atom stereocenters. The van der Waals surface area contributed by atoms with Crippen LogP contribution in [-0.4, -0.2) is 12.9 Å². The zero-order valence-electron chi connectivity index (χ0n) is 11.1. The Morgan fingerprint density at radius 1 is 1.26 bits per heavy atom. The largest absolute Gasteiger partial charge is 0.497 e. The van der Waals surface area contributed by atoms with Crippen LogP contribution in [0.1, 0.15) is 42.5 Å². The molecule has 3 nitrogen and oxygen atoms in total. The maximum Gasteiger partial charge on any atom is 0.231 e. The summed E-state index contributed by atoms with van der Waals surface area (Å²) < 4.78 is 10.8. The Labute approximate surface area is 113 Å². The lowest BCUT2D eigenvalue weighted by molar-refractivity contribution is 0.101. The molecule has 0 spiro atoms. The molecule has 1 aliphatic carbocycles. The summed E-state index contributed by atoms with van der Waals surface area (Å²) in [6.45, 7) is 0. The number of methoxy groups -OCH3 is 1. The van der Waals surface area contributed by atoms with Gasteiger partial charge in [-0.25, -0.2) is 0 Å². The van der Waals surface area contributed by atoms with Crippen LogP contribution in [0.2, 0.25) is 0 Å². The fourth-order valence-corrected chi connectivity index (χ4v) is 2.82. The number of fused-ring (bicyclic) bond motifs is 1. The highest BCUT2D eigenvalue weighted by Crippen LogP contribution is 2.35. The predicted molar refractivity (Wildman–Crippen MR) is 72.6 cm³/mol. The van der Waals surface area contributed by atoms with Crippen molar-refractivity contribution in [2.45, 2.75) is 32.1 Å². The van der Waals surface area contributed by atoms with E-state index in [1.165, 1.54) is 32.1 Å². The summed E-state index contributed by atoms with van der Waals surface area (Å²) in [5.74, 6) is 2.31. The van der Waals surface area contributed by atoms with Crippen LogP contribution < -0.4 is 9.47 Å². The molecule has 100 valence electrons. The van der Waals surface area contributed by atoms with Gasteiger partial charge in [0.1, 0.15) is 11.5 Å². The van der Waals surface area contributed by atoms with E-state index in [4.69, 9.17) is 9.47 Å². The number of Topliss-reactive ketones (excluding diaryl/α,β-unsaturated/α-hetero) is 1.